The van der Waals surface area contributed by atoms with Crippen LogP contribution in [0.4, 0.5) is 0 Å². The number of hydrogen-bond donors (Lipinski definition) is 4. The Kier molecular flexibility index (Phi) is 4.96. The molecule has 4 N–H and O–H groups in total. The van der Waals surface area contributed by atoms with E-state index in [4.69, 9.17) is 15.3 Å². The van der Waals surface area contributed by atoms with E-state index in [2.05, 4.69) is 5.32 Å². The van der Waals surface area contributed by atoms with Gasteiger partial charge in [0.25, 0.3) is 0 Å². The third-order valence-corrected chi connectivity index (χ3v) is 1.91. The Bertz CT molecular complexity index is 114. The van der Waals surface area contributed by atoms with Crippen LogP contribution in [0.2, 0.25) is 0 Å². The van der Waals surface area contributed by atoms with E-state index in [-0.39, 0.29) is 24.9 Å². The van der Waals surface area contributed by atoms with Crippen LogP contribution in [0.5, 0.6) is 0 Å². The minimum Gasteiger partial charge on any atom is -0.394 e. The van der Waals surface area contributed by atoms with Gasteiger partial charge in [0.05, 0.1) is 18.8 Å². The summed E-state index contributed by atoms with van der Waals surface area (Å²) in [6.07, 6.45) is -1.30. The van der Waals surface area contributed by atoms with Crippen LogP contribution in [0.1, 0.15) is 0 Å². The zero-order valence-electron chi connectivity index (χ0n) is 6.10. The average molecular weight is 184 g/mol. The molecule has 3 atom stereocenters. The quantitative estimate of drug-likeness (QED) is 0.414. The number of rotatable bonds is 2. The maximum absolute atomic E-state index is 9.16. The Morgan fingerprint density at radius 2 is 2.09 bits per heavy atom. The second-order valence-corrected chi connectivity index (χ2v) is 2.64. The van der Waals surface area contributed by atoms with Gasteiger partial charge in [-0.15, -0.1) is 12.4 Å². The van der Waals surface area contributed by atoms with Gasteiger partial charge in [0.15, 0.2) is 0 Å². The van der Waals surface area contributed by atoms with Gasteiger partial charge < -0.3 is 20.6 Å². The lowest BCUT2D eigenvalue weighted by Crippen LogP contribution is -2.32. The summed E-state index contributed by atoms with van der Waals surface area (Å²) >= 11 is 0. The molecule has 0 aromatic heterocycles. The Labute approximate surface area is 71.6 Å². The molecule has 0 amide bonds. The Morgan fingerprint density at radius 3 is 2.45 bits per heavy atom. The van der Waals surface area contributed by atoms with Crippen molar-refractivity contribution in [1.29, 1.82) is 0 Å². The highest BCUT2D eigenvalue weighted by atomic mass is 35.5. The second kappa shape index (κ2) is 4.90. The molecular weight excluding hydrogens is 170 g/mol. The zero-order valence-corrected chi connectivity index (χ0v) is 6.92. The minimum atomic E-state index is -0.787. The number of hydrogen-bond acceptors (Lipinski definition) is 4. The molecule has 1 aliphatic rings. The molecule has 0 aliphatic carbocycles. The van der Waals surface area contributed by atoms with Crippen molar-refractivity contribution in [2.24, 2.45) is 5.92 Å². The molecule has 0 aromatic rings. The minimum absolute atomic E-state index is 0. The number of nitrogens with one attached hydrogen (secondary N) is 1. The molecule has 1 aliphatic heterocycles. The molecule has 1 rings (SSSR count). The molecule has 5 heteroatoms. The Hall–Kier alpha value is 0.130. The summed E-state index contributed by atoms with van der Waals surface area (Å²) in [7, 11) is 0. The molecule has 0 bridgehead atoms. The van der Waals surface area contributed by atoms with Crippen LogP contribution in [0.3, 0.4) is 0 Å². The van der Waals surface area contributed by atoms with Crippen LogP contribution >= 0.6 is 12.4 Å². The fraction of sp³-hybridized carbons (Fsp3) is 1.00. The van der Waals surface area contributed by atoms with Crippen LogP contribution in [-0.4, -0.2) is 47.2 Å². The first-order valence-corrected chi connectivity index (χ1v) is 3.43. The van der Waals surface area contributed by atoms with Gasteiger partial charge in [-0.2, -0.15) is 0 Å². The standard InChI is InChI=1S/C6H13NO3.ClH/c8-3-6(10)4-1-7-2-5(4)9;/h4-10H,1-3H2;1H/t4-,5-,6-;/m0./s1. The van der Waals surface area contributed by atoms with Gasteiger partial charge in [0, 0.05) is 19.0 Å². The van der Waals surface area contributed by atoms with Crippen molar-refractivity contribution >= 4 is 12.4 Å². The molecule has 1 heterocycles. The largest absolute Gasteiger partial charge is 0.394 e. The Balaban J connectivity index is 0.000001000. The highest BCUT2D eigenvalue weighted by Gasteiger charge is 2.30. The van der Waals surface area contributed by atoms with E-state index in [1.165, 1.54) is 0 Å². The number of β-amino-alcohol motifs (C(OH)–C–C–N with tert-alkyl or cyclic N) is 1. The van der Waals surface area contributed by atoms with E-state index in [1.54, 1.807) is 0 Å². The highest BCUT2D eigenvalue weighted by molar-refractivity contribution is 5.85. The third-order valence-electron chi connectivity index (χ3n) is 1.91. The van der Waals surface area contributed by atoms with Gasteiger partial charge in [-0.1, -0.05) is 0 Å². The first kappa shape index (κ1) is 11.1. The molecule has 0 saturated carbocycles. The van der Waals surface area contributed by atoms with Crippen molar-refractivity contribution < 1.29 is 15.3 Å². The van der Waals surface area contributed by atoms with E-state index in [0.29, 0.717) is 13.1 Å². The predicted octanol–water partition coefficient (Wildman–Crippen LogP) is -1.66. The fourth-order valence-corrected chi connectivity index (χ4v) is 1.21. The molecule has 0 aromatic carbocycles. The first-order chi connectivity index (χ1) is 4.75. The second-order valence-electron chi connectivity index (χ2n) is 2.64. The van der Waals surface area contributed by atoms with Crippen molar-refractivity contribution in [2.45, 2.75) is 12.2 Å². The Morgan fingerprint density at radius 1 is 1.45 bits per heavy atom. The first-order valence-electron chi connectivity index (χ1n) is 3.43. The molecular formula is C6H14ClNO3. The van der Waals surface area contributed by atoms with Gasteiger partial charge in [-0.05, 0) is 0 Å². The van der Waals surface area contributed by atoms with E-state index in [9.17, 15) is 0 Å². The molecule has 0 radical (unpaired) electrons. The van der Waals surface area contributed by atoms with Gasteiger partial charge in [-0.25, -0.2) is 0 Å². The molecule has 0 spiro atoms. The fourth-order valence-electron chi connectivity index (χ4n) is 1.21. The summed E-state index contributed by atoms with van der Waals surface area (Å²) in [5.74, 6) is -0.204. The highest BCUT2D eigenvalue weighted by Crippen LogP contribution is 2.12. The van der Waals surface area contributed by atoms with E-state index < -0.39 is 12.2 Å². The van der Waals surface area contributed by atoms with Gasteiger partial charge in [0.1, 0.15) is 0 Å². The van der Waals surface area contributed by atoms with E-state index >= 15 is 0 Å². The molecule has 1 fully saturated rings. The number of aliphatic hydroxyl groups is 3. The SMILES string of the molecule is Cl.OC[C@H](O)[C@H]1CNC[C@@H]1O. The van der Waals surface area contributed by atoms with Crippen molar-refractivity contribution in [3.8, 4) is 0 Å². The number of aliphatic hydroxyl groups excluding tert-OH is 3. The van der Waals surface area contributed by atoms with Crippen LogP contribution in [0, 0.1) is 5.92 Å². The van der Waals surface area contributed by atoms with Crippen LogP contribution < -0.4 is 5.32 Å². The lowest BCUT2D eigenvalue weighted by Gasteiger charge is -2.17. The van der Waals surface area contributed by atoms with Crippen LogP contribution in [0.15, 0.2) is 0 Å². The van der Waals surface area contributed by atoms with Gasteiger partial charge in [-0.3, -0.25) is 0 Å². The summed E-state index contributed by atoms with van der Waals surface area (Å²) in [6, 6.07) is 0. The van der Waals surface area contributed by atoms with Crippen molar-refractivity contribution in [2.75, 3.05) is 19.7 Å². The lowest BCUT2D eigenvalue weighted by molar-refractivity contribution is 0.00704. The third kappa shape index (κ3) is 2.57. The molecule has 11 heavy (non-hydrogen) atoms. The summed E-state index contributed by atoms with van der Waals surface area (Å²) in [6.45, 7) is 0.827. The van der Waals surface area contributed by atoms with Gasteiger partial charge >= 0.3 is 0 Å². The van der Waals surface area contributed by atoms with Gasteiger partial charge in [0.2, 0.25) is 0 Å². The topological polar surface area (TPSA) is 72.7 Å². The summed E-state index contributed by atoms with van der Waals surface area (Å²) in [5, 5.41) is 29.7. The maximum atomic E-state index is 9.16. The summed E-state index contributed by atoms with van der Waals surface area (Å²) < 4.78 is 0. The van der Waals surface area contributed by atoms with E-state index in [0.717, 1.165) is 0 Å². The zero-order chi connectivity index (χ0) is 7.56. The number of halogens is 1. The molecule has 0 unspecified atom stereocenters. The van der Waals surface area contributed by atoms with Crippen LogP contribution in [-0.2, 0) is 0 Å². The normalized spacial score (nSPS) is 33.0. The molecule has 68 valence electrons. The molecule has 4 nitrogen and oxygen atoms in total. The van der Waals surface area contributed by atoms with Crippen molar-refractivity contribution in [1.82, 2.24) is 5.32 Å². The molecule has 1 saturated heterocycles. The smallest absolute Gasteiger partial charge is 0.0836 e. The van der Waals surface area contributed by atoms with Crippen LogP contribution in [0.25, 0.3) is 0 Å². The monoisotopic (exact) mass is 183 g/mol. The summed E-state index contributed by atoms with van der Waals surface area (Å²) in [5.41, 5.74) is 0. The summed E-state index contributed by atoms with van der Waals surface area (Å²) in [4.78, 5) is 0. The lowest BCUT2D eigenvalue weighted by atomic mass is 10.0. The van der Waals surface area contributed by atoms with Crippen molar-refractivity contribution in [3.05, 3.63) is 0 Å². The predicted molar refractivity (Wildman–Crippen MR) is 42.7 cm³/mol. The van der Waals surface area contributed by atoms with E-state index in [1.807, 2.05) is 0 Å². The average Bonchev–Trinajstić information content (AvgIpc) is 2.34. The maximum Gasteiger partial charge on any atom is 0.0836 e. The van der Waals surface area contributed by atoms with Crippen molar-refractivity contribution in [3.63, 3.8) is 0 Å².